The van der Waals surface area contributed by atoms with Crippen LogP contribution >= 0.6 is 0 Å². The molecule has 1 saturated heterocycles. The summed E-state index contributed by atoms with van der Waals surface area (Å²) in [5.74, 6) is -0.651. The highest BCUT2D eigenvalue weighted by molar-refractivity contribution is 5.95. The molecule has 0 aromatic heterocycles. The SMILES string of the molecule is COC(=O)C1=C(C)NC(c2ccccc2)=C(N(C=O)CCCN2CCC(c3ccccc3)CC2)C1c1ccc([N+](=O)[O-])cc1. The Kier molecular flexibility index (Phi) is 9.86. The first kappa shape index (κ1) is 30.7. The van der Waals surface area contributed by atoms with Crippen molar-refractivity contribution in [2.75, 3.05) is 33.3 Å². The summed E-state index contributed by atoms with van der Waals surface area (Å²) in [6.07, 6.45) is 3.76. The summed E-state index contributed by atoms with van der Waals surface area (Å²) in [5.41, 5.74) is 5.10. The molecule has 0 spiro atoms. The maximum atomic E-state index is 13.2. The molecule has 1 amide bonds. The number of ether oxygens (including phenoxy) is 1. The summed E-state index contributed by atoms with van der Waals surface area (Å²) in [5, 5.41) is 14.8. The highest BCUT2D eigenvalue weighted by atomic mass is 16.6. The molecule has 1 atom stereocenters. The van der Waals surface area contributed by atoms with E-state index in [9.17, 15) is 19.7 Å². The number of nitrogens with zero attached hydrogens (tertiary/aromatic N) is 3. The van der Waals surface area contributed by atoms with Crippen LogP contribution in [-0.4, -0.2) is 60.4 Å². The second-order valence-corrected chi connectivity index (χ2v) is 11.2. The summed E-state index contributed by atoms with van der Waals surface area (Å²) in [7, 11) is 1.32. The number of benzene rings is 3. The Morgan fingerprint density at radius 2 is 1.64 bits per heavy atom. The number of likely N-dealkylation sites (tertiary alicyclic amines) is 1. The van der Waals surface area contributed by atoms with Gasteiger partial charge in [-0.1, -0.05) is 72.8 Å². The molecule has 3 aromatic rings. The van der Waals surface area contributed by atoms with Gasteiger partial charge in [0, 0.05) is 24.4 Å². The lowest BCUT2D eigenvalue weighted by atomic mass is 9.82. The first-order valence-corrected chi connectivity index (χ1v) is 15.0. The summed E-state index contributed by atoms with van der Waals surface area (Å²) in [4.78, 5) is 41.1. The number of nitro groups is 1. The Morgan fingerprint density at radius 3 is 2.23 bits per heavy atom. The van der Waals surface area contributed by atoms with Gasteiger partial charge in [-0.3, -0.25) is 14.9 Å². The zero-order valence-electron chi connectivity index (χ0n) is 25.1. The van der Waals surface area contributed by atoms with Crippen molar-refractivity contribution in [3.8, 4) is 0 Å². The fourth-order valence-corrected chi connectivity index (χ4v) is 6.35. The van der Waals surface area contributed by atoms with E-state index < -0.39 is 16.8 Å². The average molecular weight is 595 g/mol. The molecule has 228 valence electrons. The molecule has 1 unspecified atom stereocenters. The Balaban J connectivity index is 1.43. The van der Waals surface area contributed by atoms with Crippen molar-refractivity contribution in [3.63, 3.8) is 0 Å². The zero-order chi connectivity index (χ0) is 31.1. The molecule has 3 aromatic carbocycles. The highest BCUT2D eigenvalue weighted by Gasteiger charge is 2.38. The second-order valence-electron chi connectivity index (χ2n) is 11.2. The molecule has 44 heavy (non-hydrogen) atoms. The molecule has 2 heterocycles. The average Bonchev–Trinajstić information content (AvgIpc) is 3.07. The van der Waals surface area contributed by atoms with Crippen molar-refractivity contribution in [2.45, 2.75) is 38.0 Å². The monoisotopic (exact) mass is 594 g/mol. The van der Waals surface area contributed by atoms with Crippen LogP contribution in [0.5, 0.6) is 0 Å². The van der Waals surface area contributed by atoms with Crippen molar-refractivity contribution in [1.29, 1.82) is 0 Å². The predicted molar refractivity (Wildman–Crippen MR) is 169 cm³/mol. The third-order valence-corrected chi connectivity index (χ3v) is 8.61. The van der Waals surface area contributed by atoms with Crippen LogP contribution in [0, 0.1) is 10.1 Å². The number of amides is 1. The third kappa shape index (κ3) is 6.73. The van der Waals surface area contributed by atoms with Crippen molar-refractivity contribution in [2.24, 2.45) is 0 Å². The molecule has 2 aliphatic heterocycles. The van der Waals surface area contributed by atoms with Crippen LogP contribution < -0.4 is 5.32 Å². The van der Waals surface area contributed by atoms with Crippen LogP contribution in [0.2, 0.25) is 0 Å². The van der Waals surface area contributed by atoms with Gasteiger partial charge in [-0.05, 0) is 68.4 Å². The number of nitro benzene ring substituents is 1. The maximum Gasteiger partial charge on any atom is 0.336 e. The molecule has 9 nitrogen and oxygen atoms in total. The topological polar surface area (TPSA) is 105 Å². The largest absolute Gasteiger partial charge is 0.466 e. The van der Waals surface area contributed by atoms with Crippen molar-refractivity contribution < 1.29 is 19.2 Å². The number of piperidine rings is 1. The van der Waals surface area contributed by atoms with E-state index in [1.54, 1.807) is 24.0 Å². The van der Waals surface area contributed by atoms with E-state index in [4.69, 9.17) is 4.74 Å². The van der Waals surface area contributed by atoms with Crippen molar-refractivity contribution in [1.82, 2.24) is 15.1 Å². The van der Waals surface area contributed by atoms with Crippen LogP contribution in [0.4, 0.5) is 5.69 Å². The van der Waals surface area contributed by atoms with E-state index >= 15 is 0 Å². The number of methoxy groups -OCH3 is 1. The molecule has 9 heteroatoms. The lowest BCUT2D eigenvalue weighted by Crippen LogP contribution is -2.38. The van der Waals surface area contributed by atoms with Crippen LogP contribution in [0.15, 0.2) is 102 Å². The van der Waals surface area contributed by atoms with Crippen LogP contribution in [0.3, 0.4) is 0 Å². The minimum Gasteiger partial charge on any atom is -0.466 e. The highest BCUT2D eigenvalue weighted by Crippen LogP contribution is 2.43. The van der Waals surface area contributed by atoms with Gasteiger partial charge in [0.2, 0.25) is 6.41 Å². The molecule has 0 saturated carbocycles. The van der Waals surface area contributed by atoms with Gasteiger partial charge in [0.1, 0.15) is 0 Å². The van der Waals surface area contributed by atoms with Crippen LogP contribution in [0.1, 0.15) is 54.7 Å². The number of hydrogen-bond donors (Lipinski definition) is 1. The first-order chi connectivity index (χ1) is 21.4. The van der Waals surface area contributed by atoms with Gasteiger partial charge in [-0.2, -0.15) is 0 Å². The Morgan fingerprint density at radius 1 is 1.00 bits per heavy atom. The van der Waals surface area contributed by atoms with E-state index in [1.807, 2.05) is 30.3 Å². The number of rotatable bonds is 11. The molecule has 0 bridgehead atoms. The number of dihydropyridines is 1. The summed E-state index contributed by atoms with van der Waals surface area (Å²) >= 11 is 0. The van der Waals surface area contributed by atoms with E-state index in [-0.39, 0.29) is 5.69 Å². The number of allylic oxidation sites excluding steroid dienone is 2. The summed E-state index contributed by atoms with van der Waals surface area (Å²) in [6, 6.07) is 26.5. The Hall–Kier alpha value is -4.76. The van der Waals surface area contributed by atoms with Gasteiger partial charge >= 0.3 is 5.97 Å². The van der Waals surface area contributed by atoms with E-state index in [0.29, 0.717) is 40.7 Å². The number of nitrogens with one attached hydrogen (secondary N) is 1. The Labute approximate surface area is 258 Å². The molecule has 5 rings (SSSR count). The minimum absolute atomic E-state index is 0.0555. The van der Waals surface area contributed by atoms with E-state index in [0.717, 1.165) is 50.9 Å². The molecular weight excluding hydrogens is 556 g/mol. The number of non-ortho nitro benzene ring substituents is 1. The van der Waals surface area contributed by atoms with Crippen molar-refractivity contribution in [3.05, 3.63) is 129 Å². The normalized spacial score (nSPS) is 17.6. The number of carbonyl (C=O) groups is 2. The Bertz CT molecular complexity index is 1530. The van der Waals surface area contributed by atoms with Gasteiger partial charge in [0.15, 0.2) is 0 Å². The van der Waals surface area contributed by atoms with Crippen LogP contribution in [-0.2, 0) is 14.3 Å². The first-order valence-electron chi connectivity index (χ1n) is 15.0. The number of carbonyl (C=O) groups excluding carboxylic acids is 2. The van der Waals surface area contributed by atoms with Gasteiger partial charge in [0.05, 0.1) is 34.9 Å². The third-order valence-electron chi connectivity index (χ3n) is 8.61. The molecule has 2 aliphatic rings. The molecule has 1 fully saturated rings. The number of hydrogen-bond acceptors (Lipinski definition) is 7. The van der Waals surface area contributed by atoms with Crippen LogP contribution in [0.25, 0.3) is 5.70 Å². The number of esters is 1. The fourth-order valence-electron chi connectivity index (χ4n) is 6.35. The lowest BCUT2D eigenvalue weighted by molar-refractivity contribution is -0.384. The standard InChI is InChI=1S/C35H38N4O5/c1-25-31(35(41)44-2)32(28-14-16-30(17-15-28)39(42)43)34(33(36-25)29-12-7-4-8-13-29)38(24-40)21-9-20-37-22-18-27(19-23-37)26-10-5-3-6-11-26/h3-8,10-17,24,27,32,36H,9,18-23H2,1-2H3. The maximum absolute atomic E-state index is 13.2. The minimum atomic E-state index is -0.688. The lowest BCUT2D eigenvalue weighted by Gasteiger charge is -2.37. The second kappa shape index (κ2) is 14.1. The summed E-state index contributed by atoms with van der Waals surface area (Å²) in [6.45, 7) is 5.08. The molecule has 1 N–H and O–H groups in total. The smallest absolute Gasteiger partial charge is 0.336 e. The fraction of sp³-hybridized carbons (Fsp3) is 0.314. The van der Waals surface area contributed by atoms with Gasteiger partial charge in [0.25, 0.3) is 5.69 Å². The zero-order valence-corrected chi connectivity index (χ0v) is 25.1. The molecular formula is C35H38N4O5. The summed E-state index contributed by atoms with van der Waals surface area (Å²) < 4.78 is 5.20. The molecule has 0 radical (unpaired) electrons. The van der Waals surface area contributed by atoms with Gasteiger partial charge in [-0.25, -0.2) is 4.79 Å². The predicted octanol–water partition coefficient (Wildman–Crippen LogP) is 5.83. The quantitative estimate of drug-likeness (QED) is 0.129. The van der Waals surface area contributed by atoms with Gasteiger partial charge < -0.3 is 19.9 Å². The van der Waals surface area contributed by atoms with E-state index in [2.05, 4.69) is 40.5 Å². The molecule has 0 aliphatic carbocycles. The van der Waals surface area contributed by atoms with E-state index in [1.165, 1.54) is 24.8 Å². The van der Waals surface area contributed by atoms with Gasteiger partial charge in [-0.15, -0.1) is 0 Å². The van der Waals surface area contributed by atoms with Crippen molar-refractivity contribution >= 4 is 23.8 Å².